The second-order valence-electron chi connectivity index (χ2n) is 5.78. The highest BCUT2D eigenvalue weighted by molar-refractivity contribution is 9.10. The van der Waals surface area contributed by atoms with Crippen LogP contribution in [0.15, 0.2) is 59.3 Å². The van der Waals surface area contributed by atoms with Gasteiger partial charge in [-0.1, -0.05) is 15.9 Å². The van der Waals surface area contributed by atoms with Crippen LogP contribution in [0.2, 0.25) is 0 Å². The molecular weight excluding hydrogens is 431 g/mol. The fraction of sp³-hybridized carbons (Fsp3) is 0.105. The smallest absolute Gasteiger partial charge is 0.258 e. The van der Waals surface area contributed by atoms with E-state index < -0.39 is 11.7 Å². The van der Waals surface area contributed by atoms with Gasteiger partial charge in [-0.15, -0.1) is 0 Å². The molecule has 0 radical (unpaired) electrons. The molecular formula is C19H16BrFN4O3. The van der Waals surface area contributed by atoms with Gasteiger partial charge in [0.15, 0.2) is 0 Å². The Morgan fingerprint density at radius 1 is 1.14 bits per heavy atom. The summed E-state index contributed by atoms with van der Waals surface area (Å²) < 4.78 is 20.8. The standard InChI is InChI=1S/C19H16BrFN4O3/c1-28-15-5-3-13(4-6-15)23-18(26)11-25-10-14(9-22-25)24-19(27)16-8-12(20)2-7-17(16)21/h2-10H,11H2,1H3,(H,23,26)(H,24,27). The number of rotatable bonds is 6. The Balaban J connectivity index is 1.59. The van der Waals surface area contributed by atoms with Crippen molar-refractivity contribution in [2.24, 2.45) is 0 Å². The van der Waals surface area contributed by atoms with Crippen LogP contribution in [0.3, 0.4) is 0 Å². The Morgan fingerprint density at radius 3 is 2.61 bits per heavy atom. The molecule has 7 nitrogen and oxygen atoms in total. The number of nitrogens with zero attached hydrogens (tertiary/aromatic N) is 2. The van der Waals surface area contributed by atoms with Gasteiger partial charge >= 0.3 is 0 Å². The molecule has 1 heterocycles. The molecule has 2 N–H and O–H groups in total. The fourth-order valence-electron chi connectivity index (χ4n) is 2.41. The molecule has 2 aromatic carbocycles. The largest absolute Gasteiger partial charge is 0.497 e. The van der Waals surface area contributed by atoms with Gasteiger partial charge in [0, 0.05) is 16.4 Å². The van der Waals surface area contributed by atoms with Gasteiger partial charge < -0.3 is 15.4 Å². The van der Waals surface area contributed by atoms with E-state index in [1.165, 1.54) is 35.3 Å². The zero-order chi connectivity index (χ0) is 20.1. The van der Waals surface area contributed by atoms with E-state index in [4.69, 9.17) is 4.74 Å². The third-order valence-electron chi connectivity index (χ3n) is 3.74. The summed E-state index contributed by atoms with van der Waals surface area (Å²) in [6.45, 7) is -0.0485. The number of hydrogen-bond acceptors (Lipinski definition) is 4. The summed E-state index contributed by atoms with van der Waals surface area (Å²) in [6, 6.07) is 11.0. The number of carbonyl (C=O) groups excluding carboxylic acids is 2. The maximum atomic E-state index is 13.8. The topological polar surface area (TPSA) is 85.2 Å². The van der Waals surface area contributed by atoms with Crippen LogP contribution in [-0.2, 0) is 11.3 Å². The number of nitrogens with one attached hydrogen (secondary N) is 2. The van der Waals surface area contributed by atoms with Crippen LogP contribution in [0.25, 0.3) is 0 Å². The number of amides is 2. The molecule has 0 atom stereocenters. The van der Waals surface area contributed by atoms with Crippen LogP contribution >= 0.6 is 15.9 Å². The van der Waals surface area contributed by atoms with Crippen molar-refractivity contribution >= 4 is 39.1 Å². The van der Waals surface area contributed by atoms with Crippen molar-refractivity contribution in [3.8, 4) is 5.75 Å². The van der Waals surface area contributed by atoms with Gasteiger partial charge in [-0.25, -0.2) is 4.39 Å². The van der Waals surface area contributed by atoms with Crippen molar-refractivity contribution in [2.45, 2.75) is 6.54 Å². The van der Waals surface area contributed by atoms with E-state index in [2.05, 4.69) is 31.7 Å². The summed E-state index contributed by atoms with van der Waals surface area (Å²) in [4.78, 5) is 24.3. The molecule has 0 spiro atoms. The predicted molar refractivity (Wildman–Crippen MR) is 106 cm³/mol. The minimum absolute atomic E-state index is 0.0485. The van der Waals surface area contributed by atoms with Crippen molar-refractivity contribution < 1.29 is 18.7 Å². The minimum atomic E-state index is -0.632. The van der Waals surface area contributed by atoms with E-state index >= 15 is 0 Å². The van der Waals surface area contributed by atoms with Gasteiger partial charge in [0.05, 0.1) is 24.6 Å². The summed E-state index contributed by atoms with van der Waals surface area (Å²) in [6.07, 6.45) is 2.87. The molecule has 0 unspecified atom stereocenters. The molecule has 0 saturated heterocycles. The number of hydrogen-bond donors (Lipinski definition) is 2. The number of carbonyl (C=O) groups is 2. The average Bonchev–Trinajstić information content (AvgIpc) is 3.10. The Bertz CT molecular complexity index is 1000. The van der Waals surface area contributed by atoms with E-state index in [1.54, 1.807) is 31.4 Å². The zero-order valence-electron chi connectivity index (χ0n) is 14.8. The molecule has 9 heteroatoms. The lowest BCUT2D eigenvalue weighted by molar-refractivity contribution is -0.116. The van der Waals surface area contributed by atoms with E-state index in [0.29, 0.717) is 21.6 Å². The number of methoxy groups -OCH3 is 1. The summed E-state index contributed by atoms with van der Waals surface area (Å²) in [5.41, 5.74) is 0.873. The Hall–Kier alpha value is -3.20. The van der Waals surface area contributed by atoms with Gasteiger partial charge in [0.2, 0.25) is 5.91 Å². The quantitative estimate of drug-likeness (QED) is 0.604. The summed E-state index contributed by atoms with van der Waals surface area (Å²) in [5.74, 6) is -0.843. The molecule has 3 aromatic rings. The lowest BCUT2D eigenvalue weighted by Crippen LogP contribution is -2.19. The molecule has 0 saturated carbocycles. The summed E-state index contributed by atoms with van der Waals surface area (Å²) in [5, 5.41) is 9.32. The summed E-state index contributed by atoms with van der Waals surface area (Å²) in [7, 11) is 1.56. The van der Waals surface area contributed by atoms with E-state index in [0.717, 1.165) is 0 Å². The summed E-state index contributed by atoms with van der Waals surface area (Å²) >= 11 is 3.20. The van der Waals surface area contributed by atoms with Crippen LogP contribution in [0, 0.1) is 5.82 Å². The molecule has 0 aliphatic rings. The number of halogens is 2. The number of benzene rings is 2. The van der Waals surface area contributed by atoms with E-state index in [-0.39, 0.29) is 18.0 Å². The first-order valence-electron chi connectivity index (χ1n) is 8.17. The molecule has 144 valence electrons. The monoisotopic (exact) mass is 446 g/mol. The third-order valence-corrected chi connectivity index (χ3v) is 4.24. The van der Waals surface area contributed by atoms with Crippen LogP contribution < -0.4 is 15.4 Å². The first kappa shape index (κ1) is 19.6. The predicted octanol–water partition coefficient (Wildman–Crippen LogP) is 3.68. The molecule has 3 rings (SSSR count). The number of ether oxygens (including phenoxy) is 1. The number of anilines is 2. The maximum Gasteiger partial charge on any atom is 0.258 e. The van der Waals surface area contributed by atoms with Crippen LogP contribution in [0.1, 0.15) is 10.4 Å². The molecule has 1 aromatic heterocycles. The van der Waals surface area contributed by atoms with E-state index in [9.17, 15) is 14.0 Å². The normalized spacial score (nSPS) is 10.4. The van der Waals surface area contributed by atoms with Gasteiger partial charge in [0.1, 0.15) is 18.1 Å². The van der Waals surface area contributed by atoms with Crippen LogP contribution in [0.4, 0.5) is 15.8 Å². The van der Waals surface area contributed by atoms with Crippen LogP contribution in [0.5, 0.6) is 5.75 Å². The first-order valence-corrected chi connectivity index (χ1v) is 8.96. The van der Waals surface area contributed by atoms with E-state index in [1.807, 2.05) is 0 Å². The second kappa shape index (κ2) is 8.66. The maximum absolute atomic E-state index is 13.8. The zero-order valence-corrected chi connectivity index (χ0v) is 16.4. The van der Waals surface area contributed by atoms with Crippen molar-refractivity contribution in [1.82, 2.24) is 9.78 Å². The van der Waals surface area contributed by atoms with Gasteiger partial charge in [-0.3, -0.25) is 14.3 Å². The van der Waals surface area contributed by atoms with Crippen molar-refractivity contribution in [3.05, 3.63) is 70.7 Å². The lowest BCUT2D eigenvalue weighted by atomic mass is 10.2. The number of aromatic nitrogens is 2. The second-order valence-corrected chi connectivity index (χ2v) is 6.70. The molecule has 0 aliphatic carbocycles. The molecule has 28 heavy (non-hydrogen) atoms. The first-order chi connectivity index (χ1) is 13.4. The third kappa shape index (κ3) is 4.95. The van der Waals surface area contributed by atoms with Gasteiger partial charge in [-0.05, 0) is 42.5 Å². The highest BCUT2D eigenvalue weighted by Gasteiger charge is 2.14. The Kier molecular flexibility index (Phi) is 6.05. The average molecular weight is 447 g/mol. The fourth-order valence-corrected chi connectivity index (χ4v) is 2.77. The Labute approximate surface area is 168 Å². The van der Waals surface area contributed by atoms with Crippen molar-refractivity contribution in [2.75, 3.05) is 17.7 Å². The van der Waals surface area contributed by atoms with Crippen LogP contribution in [-0.4, -0.2) is 28.7 Å². The Morgan fingerprint density at radius 2 is 1.89 bits per heavy atom. The van der Waals surface area contributed by atoms with Gasteiger partial charge in [0.25, 0.3) is 5.91 Å². The molecule has 0 aliphatic heterocycles. The highest BCUT2D eigenvalue weighted by atomic mass is 79.9. The SMILES string of the molecule is COc1ccc(NC(=O)Cn2cc(NC(=O)c3cc(Br)ccc3F)cn2)cc1. The van der Waals surface area contributed by atoms with Gasteiger partial charge in [-0.2, -0.15) is 5.10 Å². The van der Waals surface area contributed by atoms with Crippen molar-refractivity contribution in [1.29, 1.82) is 0 Å². The molecule has 0 bridgehead atoms. The van der Waals surface area contributed by atoms with Crippen molar-refractivity contribution in [3.63, 3.8) is 0 Å². The lowest BCUT2D eigenvalue weighted by Gasteiger charge is -2.06. The molecule has 2 amide bonds. The molecule has 0 fully saturated rings. The highest BCUT2D eigenvalue weighted by Crippen LogP contribution is 2.18. The minimum Gasteiger partial charge on any atom is -0.497 e.